The van der Waals surface area contributed by atoms with E-state index < -0.39 is 0 Å². The van der Waals surface area contributed by atoms with E-state index in [2.05, 4.69) is 16.6 Å². The summed E-state index contributed by atoms with van der Waals surface area (Å²) in [6.07, 6.45) is 1.89. The van der Waals surface area contributed by atoms with Gasteiger partial charge in [0.15, 0.2) is 0 Å². The van der Waals surface area contributed by atoms with Crippen molar-refractivity contribution in [1.82, 2.24) is 0 Å². The molecule has 0 fully saturated rings. The Hall–Kier alpha value is -2.22. The Bertz CT molecular complexity index is 679. The number of carbonyl (C=O) groups excluding carboxylic acids is 1. The quantitative estimate of drug-likeness (QED) is 0.490. The van der Waals surface area contributed by atoms with E-state index in [0.29, 0.717) is 12.2 Å². The summed E-state index contributed by atoms with van der Waals surface area (Å²) in [6.45, 7) is 0.587. The van der Waals surface area contributed by atoms with Gasteiger partial charge in [-0.15, -0.1) is 0 Å². The summed E-state index contributed by atoms with van der Waals surface area (Å²) in [4.78, 5) is 11.3. The van der Waals surface area contributed by atoms with Crippen LogP contribution in [0, 0.1) is 11.8 Å². The summed E-state index contributed by atoms with van der Waals surface area (Å²) in [5.74, 6) is 5.82. The van der Waals surface area contributed by atoms with Gasteiger partial charge in [-0.3, -0.25) is 0 Å². The zero-order valence-corrected chi connectivity index (χ0v) is 13.3. The maximum absolute atomic E-state index is 11.3. The SMILES string of the molecule is COC(=O)c1ccc(C#Cc2ccc(COSC)cc2)cc1. The molecule has 0 saturated heterocycles. The lowest BCUT2D eigenvalue weighted by Gasteiger charge is -2.00. The molecule has 0 radical (unpaired) electrons. The molecular formula is C18H16O3S. The molecule has 0 atom stereocenters. The summed E-state index contributed by atoms with van der Waals surface area (Å²) >= 11 is 1.35. The lowest BCUT2D eigenvalue weighted by Crippen LogP contribution is -2.00. The van der Waals surface area contributed by atoms with E-state index in [1.807, 2.05) is 30.5 Å². The van der Waals surface area contributed by atoms with Crippen LogP contribution in [0.25, 0.3) is 0 Å². The van der Waals surface area contributed by atoms with Gasteiger partial charge in [0, 0.05) is 17.4 Å². The lowest BCUT2D eigenvalue weighted by atomic mass is 10.1. The minimum atomic E-state index is -0.345. The maximum Gasteiger partial charge on any atom is 0.337 e. The first-order valence-electron chi connectivity index (χ1n) is 6.68. The fourth-order valence-electron chi connectivity index (χ4n) is 1.76. The highest BCUT2D eigenvalue weighted by Gasteiger charge is 2.03. The maximum atomic E-state index is 11.3. The van der Waals surface area contributed by atoms with E-state index in [4.69, 9.17) is 4.18 Å². The van der Waals surface area contributed by atoms with Gasteiger partial charge in [0.2, 0.25) is 0 Å². The van der Waals surface area contributed by atoms with Crippen molar-refractivity contribution in [1.29, 1.82) is 0 Å². The first-order chi connectivity index (χ1) is 10.7. The van der Waals surface area contributed by atoms with E-state index >= 15 is 0 Å². The molecule has 2 rings (SSSR count). The minimum Gasteiger partial charge on any atom is -0.465 e. The molecule has 0 bridgehead atoms. The lowest BCUT2D eigenvalue weighted by molar-refractivity contribution is 0.0600. The third-order valence-corrected chi connectivity index (χ3v) is 3.31. The van der Waals surface area contributed by atoms with Gasteiger partial charge in [-0.25, -0.2) is 4.79 Å². The number of carbonyl (C=O) groups is 1. The second kappa shape index (κ2) is 8.28. The number of benzene rings is 2. The van der Waals surface area contributed by atoms with Gasteiger partial charge < -0.3 is 8.92 Å². The third kappa shape index (κ3) is 4.66. The number of hydrogen-bond donors (Lipinski definition) is 0. The molecule has 0 heterocycles. The van der Waals surface area contributed by atoms with Crippen LogP contribution in [0.15, 0.2) is 48.5 Å². The van der Waals surface area contributed by atoms with Crippen LogP contribution in [0.3, 0.4) is 0 Å². The zero-order chi connectivity index (χ0) is 15.8. The van der Waals surface area contributed by atoms with Gasteiger partial charge in [-0.05, 0) is 54.0 Å². The largest absolute Gasteiger partial charge is 0.465 e. The van der Waals surface area contributed by atoms with Crippen LogP contribution >= 0.6 is 12.0 Å². The molecule has 112 valence electrons. The van der Waals surface area contributed by atoms with E-state index in [1.54, 1.807) is 24.3 Å². The van der Waals surface area contributed by atoms with Crippen molar-refractivity contribution in [2.24, 2.45) is 0 Å². The van der Waals surface area contributed by atoms with Crippen LogP contribution in [-0.2, 0) is 15.5 Å². The van der Waals surface area contributed by atoms with Crippen molar-refractivity contribution >= 4 is 18.0 Å². The van der Waals surface area contributed by atoms with Crippen LogP contribution < -0.4 is 0 Å². The number of rotatable bonds is 4. The fraction of sp³-hybridized carbons (Fsp3) is 0.167. The van der Waals surface area contributed by atoms with E-state index in [0.717, 1.165) is 16.7 Å². The molecule has 0 amide bonds. The third-order valence-electron chi connectivity index (χ3n) is 2.95. The summed E-state index contributed by atoms with van der Waals surface area (Å²) in [5.41, 5.74) is 3.42. The Labute approximate surface area is 134 Å². The predicted molar refractivity (Wildman–Crippen MR) is 88.5 cm³/mol. The highest BCUT2D eigenvalue weighted by atomic mass is 32.2. The molecule has 0 aliphatic rings. The van der Waals surface area contributed by atoms with Crippen molar-refractivity contribution in [3.05, 3.63) is 70.8 Å². The number of hydrogen-bond acceptors (Lipinski definition) is 4. The summed E-state index contributed by atoms with van der Waals surface area (Å²) in [5, 5.41) is 0. The molecule has 2 aromatic carbocycles. The molecule has 0 aliphatic carbocycles. The summed E-state index contributed by atoms with van der Waals surface area (Å²) in [7, 11) is 1.37. The van der Waals surface area contributed by atoms with Crippen LogP contribution in [0.4, 0.5) is 0 Å². The zero-order valence-electron chi connectivity index (χ0n) is 12.5. The molecule has 0 aliphatic heterocycles. The molecular weight excluding hydrogens is 296 g/mol. The Kier molecular flexibility index (Phi) is 6.08. The van der Waals surface area contributed by atoms with Gasteiger partial charge >= 0.3 is 5.97 Å². The van der Waals surface area contributed by atoms with Crippen molar-refractivity contribution in [2.45, 2.75) is 6.61 Å². The first kappa shape index (κ1) is 16.2. The van der Waals surface area contributed by atoms with Gasteiger partial charge in [0.05, 0.1) is 19.3 Å². The first-order valence-corrected chi connectivity index (χ1v) is 7.83. The smallest absolute Gasteiger partial charge is 0.337 e. The van der Waals surface area contributed by atoms with Crippen LogP contribution in [-0.4, -0.2) is 19.3 Å². The second-order valence-electron chi connectivity index (χ2n) is 4.44. The van der Waals surface area contributed by atoms with Crippen molar-refractivity contribution < 1.29 is 13.7 Å². The summed E-state index contributed by atoms with van der Waals surface area (Å²) in [6, 6.07) is 15.0. The van der Waals surface area contributed by atoms with Crippen molar-refractivity contribution in [3.63, 3.8) is 0 Å². The number of methoxy groups -OCH3 is 1. The average Bonchev–Trinajstić information content (AvgIpc) is 2.58. The van der Waals surface area contributed by atoms with Crippen molar-refractivity contribution in [3.8, 4) is 11.8 Å². The van der Waals surface area contributed by atoms with Gasteiger partial charge in [0.1, 0.15) is 0 Å². The highest BCUT2D eigenvalue weighted by molar-refractivity contribution is 7.93. The second-order valence-corrected chi connectivity index (χ2v) is 5.01. The average molecular weight is 312 g/mol. The molecule has 0 N–H and O–H groups in total. The fourth-order valence-corrected chi connectivity index (χ4v) is 2.02. The number of ether oxygens (including phenoxy) is 1. The van der Waals surface area contributed by atoms with Crippen molar-refractivity contribution in [2.75, 3.05) is 13.4 Å². The monoisotopic (exact) mass is 312 g/mol. The van der Waals surface area contributed by atoms with E-state index in [-0.39, 0.29) is 5.97 Å². The van der Waals surface area contributed by atoms with E-state index in [9.17, 15) is 4.79 Å². The summed E-state index contributed by atoms with van der Waals surface area (Å²) < 4.78 is 9.93. The van der Waals surface area contributed by atoms with Gasteiger partial charge in [-0.2, -0.15) is 0 Å². The van der Waals surface area contributed by atoms with Crippen LogP contribution in [0.5, 0.6) is 0 Å². The molecule has 2 aromatic rings. The molecule has 0 saturated carbocycles. The Morgan fingerprint density at radius 2 is 1.55 bits per heavy atom. The van der Waals surface area contributed by atoms with Gasteiger partial charge in [-0.1, -0.05) is 24.0 Å². The van der Waals surface area contributed by atoms with Crippen LogP contribution in [0.1, 0.15) is 27.0 Å². The Morgan fingerprint density at radius 1 is 1.00 bits per heavy atom. The molecule has 22 heavy (non-hydrogen) atoms. The molecule has 4 heteroatoms. The molecule has 0 spiro atoms. The van der Waals surface area contributed by atoms with Gasteiger partial charge in [0.25, 0.3) is 0 Å². The topological polar surface area (TPSA) is 35.5 Å². The minimum absolute atomic E-state index is 0.345. The normalized spacial score (nSPS) is 9.73. The Morgan fingerprint density at radius 3 is 2.05 bits per heavy atom. The van der Waals surface area contributed by atoms with E-state index in [1.165, 1.54) is 19.2 Å². The molecule has 3 nitrogen and oxygen atoms in total. The van der Waals surface area contributed by atoms with Crippen LogP contribution in [0.2, 0.25) is 0 Å². The highest BCUT2D eigenvalue weighted by Crippen LogP contribution is 2.09. The predicted octanol–water partition coefficient (Wildman–Crippen LogP) is 3.67. The molecule has 0 aromatic heterocycles. The standard InChI is InChI=1S/C18H16O3S/c1-20-18(19)17-11-9-15(10-12-17)4-3-14-5-7-16(8-6-14)13-21-22-2/h5-12H,13H2,1-2H3. The number of esters is 1. The molecule has 0 unspecified atom stereocenters. The Balaban J connectivity index is 2.04.